The number of nitrogens with zero attached hydrogens (tertiary/aromatic N) is 2. The normalized spacial score (nSPS) is 11.1. The number of hydrogen-bond acceptors (Lipinski definition) is 4. The Bertz CT molecular complexity index is 772. The van der Waals surface area contributed by atoms with Crippen molar-refractivity contribution in [2.45, 2.75) is 0 Å². The van der Waals surface area contributed by atoms with Crippen LogP contribution in [-0.2, 0) is 0 Å². The predicted molar refractivity (Wildman–Crippen MR) is 64.3 cm³/mol. The first-order valence-electron chi connectivity index (χ1n) is 5.04. The van der Waals surface area contributed by atoms with E-state index in [4.69, 9.17) is 10.5 Å². The van der Waals surface area contributed by atoms with Gasteiger partial charge < -0.3 is 10.5 Å². The minimum atomic E-state index is -0.282. The van der Waals surface area contributed by atoms with Gasteiger partial charge in [0, 0.05) is 17.1 Å². The van der Waals surface area contributed by atoms with E-state index in [1.165, 1.54) is 4.40 Å². The fraction of sp³-hybridized carbons (Fsp3) is 0.0909. The van der Waals surface area contributed by atoms with Crippen LogP contribution in [0.15, 0.2) is 29.1 Å². The summed E-state index contributed by atoms with van der Waals surface area (Å²) in [5, 5.41) is 7.05. The van der Waals surface area contributed by atoms with Gasteiger partial charge in [-0.05, 0) is 18.2 Å². The van der Waals surface area contributed by atoms with Crippen molar-refractivity contribution in [1.29, 1.82) is 0 Å². The second kappa shape index (κ2) is 3.24. The number of aromatic amines is 1. The molecular formula is C11H10N4O2. The van der Waals surface area contributed by atoms with Gasteiger partial charge in [0.2, 0.25) is 0 Å². The predicted octanol–water partition coefficient (Wildman–Crippen LogP) is 0.767. The van der Waals surface area contributed by atoms with Crippen LogP contribution in [0.1, 0.15) is 0 Å². The highest BCUT2D eigenvalue weighted by Crippen LogP contribution is 2.26. The molecule has 0 spiro atoms. The number of H-pyrrole nitrogens is 1. The van der Waals surface area contributed by atoms with E-state index in [9.17, 15) is 4.79 Å². The number of nitrogens with one attached hydrogen (secondary N) is 1. The molecule has 6 nitrogen and oxygen atoms in total. The summed E-state index contributed by atoms with van der Waals surface area (Å²) in [6, 6.07) is 7.01. The first kappa shape index (κ1) is 9.71. The maximum atomic E-state index is 11.6. The van der Waals surface area contributed by atoms with E-state index in [-0.39, 0.29) is 5.69 Å². The van der Waals surface area contributed by atoms with Crippen molar-refractivity contribution < 1.29 is 4.74 Å². The summed E-state index contributed by atoms with van der Waals surface area (Å²) in [5.74, 6) is 0.695. The van der Waals surface area contributed by atoms with E-state index in [0.717, 1.165) is 5.39 Å². The number of fused-ring (bicyclic) bond motifs is 3. The van der Waals surface area contributed by atoms with E-state index in [1.54, 1.807) is 31.4 Å². The number of benzene rings is 1. The SMILES string of the molecule is COc1ccc2c(c1)c(N)cc1n[nH]c(=O)n12. The molecule has 3 aromatic rings. The molecule has 17 heavy (non-hydrogen) atoms. The van der Waals surface area contributed by atoms with E-state index in [2.05, 4.69) is 10.2 Å². The number of nitrogens with two attached hydrogens (primary N) is 1. The van der Waals surface area contributed by atoms with Gasteiger partial charge in [-0.25, -0.2) is 14.3 Å². The molecule has 0 saturated heterocycles. The standard InChI is InChI=1S/C11H10N4O2/c1-17-6-2-3-9-7(4-6)8(12)5-10-13-14-11(16)15(9)10/h2-5H,12H2,1H3,(H,14,16). The summed E-state index contributed by atoms with van der Waals surface area (Å²) in [6.45, 7) is 0. The third kappa shape index (κ3) is 1.27. The van der Waals surface area contributed by atoms with E-state index >= 15 is 0 Å². The van der Waals surface area contributed by atoms with Crippen molar-refractivity contribution in [3.63, 3.8) is 0 Å². The largest absolute Gasteiger partial charge is 0.497 e. The Balaban J connectivity index is 2.57. The van der Waals surface area contributed by atoms with Crippen LogP contribution in [0.2, 0.25) is 0 Å². The third-order valence-electron chi connectivity index (χ3n) is 2.74. The Kier molecular flexibility index (Phi) is 1.85. The van der Waals surface area contributed by atoms with Gasteiger partial charge in [-0.3, -0.25) is 0 Å². The molecule has 86 valence electrons. The van der Waals surface area contributed by atoms with Crippen molar-refractivity contribution in [3.05, 3.63) is 34.7 Å². The second-order valence-electron chi connectivity index (χ2n) is 3.71. The minimum absolute atomic E-state index is 0.282. The zero-order chi connectivity index (χ0) is 12.0. The van der Waals surface area contributed by atoms with Crippen LogP contribution in [0.5, 0.6) is 5.75 Å². The van der Waals surface area contributed by atoms with Crippen LogP contribution >= 0.6 is 0 Å². The van der Waals surface area contributed by atoms with Gasteiger partial charge in [0.15, 0.2) is 5.65 Å². The maximum absolute atomic E-state index is 11.6. The Morgan fingerprint density at radius 1 is 1.41 bits per heavy atom. The van der Waals surface area contributed by atoms with Crippen molar-refractivity contribution in [2.75, 3.05) is 12.8 Å². The minimum Gasteiger partial charge on any atom is -0.497 e. The summed E-state index contributed by atoms with van der Waals surface area (Å²) >= 11 is 0. The van der Waals surface area contributed by atoms with Gasteiger partial charge in [0.25, 0.3) is 0 Å². The maximum Gasteiger partial charge on any atom is 0.348 e. The summed E-state index contributed by atoms with van der Waals surface area (Å²) < 4.78 is 6.61. The first-order chi connectivity index (χ1) is 8.20. The van der Waals surface area contributed by atoms with Crippen LogP contribution in [0.3, 0.4) is 0 Å². The van der Waals surface area contributed by atoms with Crippen LogP contribution in [0.4, 0.5) is 5.69 Å². The molecule has 0 atom stereocenters. The van der Waals surface area contributed by atoms with Crippen LogP contribution in [0.25, 0.3) is 16.6 Å². The molecule has 0 fully saturated rings. The first-order valence-corrected chi connectivity index (χ1v) is 5.04. The fourth-order valence-electron chi connectivity index (χ4n) is 1.92. The van der Waals surface area contributed by atoms with Crippen LogP contribution in [0, 0.1) is 0 Å². The van der Waals surface area contributed by atoms with Crippen molar-refractivity contribution in [2.24, 2.45) is 0 Å². The van der Waals surface area contributed by atoms with Crippen LogP contribution < -0.4 is 16.2 Å². The molecule has 0 bridgehead atoms. The highest BCUT2D eigenvalue weighted by Gasteiger charge is 2.09. The smallest absolute Gasteiger partial charge is 0.348 e. The lowest BCUT2D eigenvalue weighted by Gasteiger charge is -2.06. The Morgan fingerprint density at radius 3 is 3.00 bits per heavy atom. The topological polar surface area (TPSA) is 85.4 Å². The number of rotatable bonds is 1. The number of hydrogen-bond donors (Lipinski definition) is 2. The van der Waals surface area contributed by atoms with Gasteiger partial charge in [-0.15, -0.1) is 0 Å². The molecule has 3 N–H and O–H groups in total. The van der Waals surface area contributed by atoms with Crippen molar-refractivity contribution >= 4 is 22.2 Å². The summed E-state index contributed by atoms with van der Waals surface area (Å²) in [7, 11) is 1.58. The number of nitrogen functional groups attached to an aromatic ring is 1. The lowest BCUT2D eigenvalue weighted by molar-refractivity contribution is 0.415. The number of pyridine rings is 1. The highest BCUT2D eigenvalue weighted by atomic mass is 16.5. The molecule has 3 rings (SSSR count). The average Bonchev–Trinajstić information content (AvgIpc) is 2.70. The zero-order valence-corrected chi connectivity index (χ0v) is 9.10. The van der Waals surface area contributed by atoms with Gasteiger partial charge in [-0.2, -0.15) is 5.10 Å². The Labute approximate surface area is 95.6 Å². The van der Waals surface area contributed by atoms with E-state index in [0.29, 0.717) is 22.6 Å². The Hall–Kier alpha value is -2.50. The number of methoxy groups -OCH3 is 1. The fourth-order valence-corrected chi connectivity index (χ4v) is 1.92. The van der Waals surface area contributed by atoms with Gasteiger partial charge in [-0.1, -0.05) is 0 Å². The summed E-state index contributed by atoms with van der Waals surface area (Å²) in [6.07, 6.45) is 0. The monoisotopic (exact) mass is 230 g/mol. The number of ether oxygens (including phenoxy) is 1. The third-order valence-corrected chi connectivity index (χ3v) is 2.74. The molecule has 0 unspecified atom stereocenters. The van der Waals surface area contributed by atoms with Gasteiger partial charge in [0.1, 0.15) is 5.75 Å². The van der Waals surface area contributed by atoms with Gasteiger partial charge in [0.05, 0.1) is 12.6 Å². The van der Waals surface area contributed by atoms with Crippen molar-refractivity contribution in [3.8, 4) is 5.75 Å². The average molecular weight is 230 g/mol. The molecular weight excluding hydrogens is 220 g/mol. The molecule has 0 saturated carbocycles. The lowest BCUT2D eigenvalue weighted by atomic mass is 10.2. The van der Waals surface area contributed by atoms with Crippen molar-refractivity contribution in [1.82, 2.24) is 14.6 Å². The molecule has 0 aliphatic rings. The molecule has 0 amide bonds. The number of aromatic nitrogens is 3. The molecule has 6 heteroatoms. The molecule has 0 radical (unpaired) electrons. The second-order valence-corrected chi connectivity index (χ2v) is 3.71. The highest BCUT2D eigenvalue weighted by molar-refractivity contribution is 5.93. The van der Waals surface area contributed by atoms with E-state index < -0.39 is 0 Å². The molecule has 1 aromatic carbocycles. The van der Waals surface area contributed by atoms with Gasteiger partial charge >= 0.3 is 5.69 Å². The quantitative estimate of drug-likeness (QED) is 0.646. The Morgan fingerprint density at radius 2 is 2.24 bits per heavy atom. The molecule has 0 aliphatic carbocycles. The summed E-state index contributed by atoms with van der Waals surface area (Å²) in [4.78, 5) is 11.6. The van der Waals surface area contributed by atoms with Crippen LogP contribution in [-0.4, -0.2) is 21.7 Å². The lowest BCUT2D eigenvalue weighted by Crippen LogP contribution is -2.10. The van der Waals surface area contributed by atoms with E-state index in [1.807, 2.05) is 0 Å². The number of anilines is 1. The zero-order valence-electron chi connectivity index (χ0n) is 9.10. The molecule has 2 heterocycles. The molecule has 0 aliphatic heterocycles. The molecule has 2 aromatic heterocycles. The summed E-state index contributed by atoms with van der Waals surface area (Å²) in [5.41, 5.74) is 7.42.